The molecule has 0 fully saturated rings. The number of aromatic nitrogens is 1. The molecule has 0 atom stereocenters. The molecule has 0 aliphatic heterocycles. The van der Waals surface area contributed by atoms with Crippen molar-refractivity contribution in [2.24, 2.45) is 0 Å². The topological polar surface area (TPSA) is 33.1 Å². The van der Waals surface area contributed by atoms with Crippen molar-refractivity contribution in [2.75, 3.05) is 0 Å². The normalized spacial score (nSPS) is 9.30. The molecular formula is C8H9NO. The third kappa shape index (κ3) is 1.35. The second kappa shape index (κ2) is 2.52. The van der Waals surface area contributed by atoms with Crippen LogP contribution in [0, 0.1) is 0 Å². The first-order valence-corrected chi connectivity index (χ1v) is 3.01. The second-order valence-corrected chi connectivity index (χ2v) is 2.18. The lowest BCUT2D eigenvalue weighted by Gasteiger charge is -1.97. The lowest BCUT2D eigenvalue weighted by Crippen LogP contribution is -1.78. The Morgan fingerprint density at radius 1 is 1.70 bits per heavy atom. The Balaban J connectivity index is 3.07. The summed E-state index contributed by atoms with van der Waals surface area (Å²) >= 11 is 0. The number of rotatable bonds is 1. The molecule has 0 bridgehead atoms. The molecule has 1 rings (SSSR count). The van der Waals surface area contributed by atoms with Crippen LogP contribution in [-0.4, -0.2) is 10.1 Å². The maximum absolute atomic E-state index is 8.91. The van der Waals surface area contributed by atoms with Crippen molar-refractivity contribution in [1.29, 1.82) is 0 Å². The maximum Gasteiger partial charge on any atom is 0.211 e. The fraction of sp³-hybridized carbons (Fsp3) is 0.125. The number of nitrogens with zero attached hydrogens (tertiary/aromatic N) is 1. The lowest BCUT2D eigenvalue weighted by atomic mass is 10.1. The SMILES string of the molecule is C=C(C)c1ccnc(O)c1. The molecule has 2 heteroatoms. The number of hydrogen-bond acceptors (Lipinski definition) is 2. The molecule has 1 N–H and O–H groups in total. The average Bonchev–Trinajstić information content (AvgIpc) is 1.88. The van der Waals surface area contributed by atoms with E-state index in [1.807, 2.05) is 13.0 Å². The summed E-state index contributed by atoms with van der Waals surface area (Å²) in [5.74, 6) is 0.0421. The summed E-state index contributed by atoms with van der Waals surface area (Å²) in [5.41, 5.74) is 1.85. The summed E-state index contributed by atoms with van der Waals surface area (Å²) < 4.78 is 0. The molecule has 0 aliphatic carbocycles. The molecule has 10 heavy (non-hydrogen) atoms. The number of allylic oxidation sites excluding steroid dienone is 1. The van der Waals surface area contributed by atoms with Gasteiger partial charge in [0.1, 0.15) is 0 Å². The number of aromatic hydroxyl groups is 1. The highest BCUT2D eigenvalue weighted by Crippen LogP contribution is 2.13. The van der Waals surface area contributed by atoms with Gasteiger partial charge in [0.2, 0.25) is 5.88 Å². The Morgan fingerprint density at radius 2 is 2.40 bits per heavy atom. The minimum Gasteiger partial charge on any atom is -0.493 e. The van der Waals surface area contributed by atoms with Gasteiger partial charge >= 0.3 is 0 Å². The summed E-state index contributed by atoms with van der Waals surface area (Å²) in [6.07, 6.45) is 1.55. The van der Waals surface area contributed by atoms with Gasteiger partial charge in [0.25, 0.3) is 0 Å². The molecule has 0 aliphatic rings. The standard InChI is InChI=1S/C8H9NO/c1-6(2)7-3-4-9-8(10)5-7/h3-5H,1H2,2H3,(H,9,10). The summed E-state index contributed by atoms with van der Waals surface area (Å²) in [4.78, 5) is 3.64. The Hall–Kier alpha value is -1.31. The van der Waals surface area contributed by atoms with E-state index in [2.05, 4.69) is 11.6 Å². The first-order valence-electron chi connectivity index (χ1n) is 3.01. The zero-order valence-electron chi connectivity index (χ0n) is 5.83. The first-order chi connectivity index (χ1) is 4.70. The van der Waals surface area contributed by atoms with Crippen LogP contribution in [0.5, 0.6) is 5.88 Å². The molecule has 0 saturated heterocycles. The Bertz CT molecular complexity index is 255. The van der Waals surface area contributed by atoms with Gasteiger partial charge in [-0.3, -0.25) is 0 Å². The molecule has 0 amide bonds. The predicted molar refractivity (Wildman–Crippen MR) is 40.6 cm³/mol. The minimum absolute atomic E-state index is 0.0421. The zero-order valence-corrected chi connectivity index (χ0v) is 5.83. The smallest absolute Gasteiger partial charge is 0.211 e. The van der Waals surface area contributed by atoms with E-state index in [9.17, 15) is 0 Å². The molecular weight excluding hydrogens is 126 g/mol. The van der Waals surface area contributed by atoms with Gasteiger partial charge in [-0.1, -0.05) is 12.2 Å². The van der Waals surface area contributed by atoms with Crippen LogP contribution in [0.4, 0.5) is 0 Å². The fourth-order valence-electron chi connectivity index (χ4n) is 0.684. The van der Waals surface area contributed by atoms with Crippen LogP contribution in [0.15, 0.2) is 24.9 Å². The Kier molecular flexibility index (Phi) is 1.71. The molecule has 1 aromatic rings. The second-order valence-electron chi connectivity index (χ2n) is 2.18. The van der Waals surface area contributed by atoms with Crippen molar-refractivity contribution < 1.29 is 5.11 Å². The molecule has 1 heterocycles. The number of pyridine rings is 1. The van der Waals surface area contributed by atoms with Gasteiger partial charge in [-0.15, -0.1) is 0 Å². The van der Waals surface area contributed by atoms with Crippen LogP contribution < -0.4 is 0 Å². The van der Waals surface area contributed by atoms with E-state index in [-0.39, 0.29) is 5.88 Å². The monoisotopic (exact) mass is 135 g/mol. The quantitative estimate of drug-likeness (QED) is 0.637. The molecule has 52 valence electrons. The van der Waals surface area contributed by atoms with Gasteiger partial charge < -0.3 is 5.11 Å². The number of hydrogen-bond donors (Lipinski definition) is 1. The highest BCUT2D eigenvalue weighted by molar-refractivity contribution is 5.61. The molecule has 1 aromatic heterocycles. The van der Waals surface area contributed by atoms with Gasteiger partial charge in [-0.05, 0) is 18.6 Å². The molecule has 2 nitrogen and oxygen atoms in total. The van der Waals surface area contributed by atoms with Gasteiger partial charge in [0, 0.05) is 12.3 Å². The minimum atomic E-state index is 0.0421. The van der Waals surface area contributed by atoms with E-state index in [4.69, 9.17) is 5.11 Å². The first kappa shape index (κ1) is 6.81. The predicted octanol–water partition coefficient (Wildman–Crippen LogP) is 1.82. The zero-order chi connectivity index (χ0) is 7.56. The summed E-state index contributed by atoms with van der Waals surface area (Å²) in [7, 11) is 0. The highest BCUT2D eigenvalue weighted by Gasteiger charge is 1.93. The Labute approximate surface area is 59.9 Å². The fourth-order valence-corrected chi connectivity index (χ4v) is 0.684. The Morgan fingerprint density at radius 3 is 2.80 bits per heavy atom. The van der Waals surface area contributed by atoms with Gasteiger partial charge in [-0.2, -0.15) is 0 Å². The molecule has 0 radical (unpaired) electrons. The van der Waals surface area contributed by atoms with E-state index in [1.54, 1.807) is 12.3 Å². The summed E-state index contributed by atoms with van der Waals surface area (Å²) in [6, 6.07) is 3.39. The van der Waals surface area contributed by atoms with E-state index < -0.39 is 0 Å². The van der Waals surface area contributed by atoms with Crippen molar-refractivity contribution >= 4 is 5.57 Å². The van der Waals surface area contributed by atoms with Crippen LogP contribution in [0.2, 0.25) is 0 Å². The molecule has 0 aromatic carbocycles. The van der Waals surface area contributed by atoms with Crippen molar-refractivity contribution in [3.05, 3.63) is 30.5 Å². The molecule has 0 saturated carbocycles. The van der Waals surface area contributed by atoms with Crippen molar-refractivity contribution in [3.63, 3.8) is 0 Å². The van der Waals surface area contributed by atoms with Crippen LogP contribution >= 0.6 is 0 Å². The third-order valence-corrected chi connectivity index (χ3v) is 1.24. The van der Waals surface area contributed by atoms with Crippen molar-refractivity contribution in [2.45, 2.75) is 6.92 Å². The average molecular weight is 135 g/mol. The lowest BCUT2D eigenvalue weighted by molar-refractivity contribution is 0.453. The summed E-state index contributed by atoms with van der Waals surface area (Å²) in [6.45, 7) is 5.61. The van der Waals surface area contributed by atoms with Gasteiger partial charge in [0.05, 0.1) is 0 Å². The van der Waals surface area contributed by atoms with Gasteiger partial charge in [0.15, 0.2) is 0 Å². The van der Waals surface area contributed by atoms with Crippen LogP contribution in [0.3, 0.4) is 0 Å². The van der Waals surface area contributed by atoms with E-state index in [0.717, 1.165) is 11.1 Å². The van der Waals surface area contributed by atoms with Gasteiger partial charge in [-0.25, -0.2) is 4.98 Å². The largest absolute Gasteiger partial charge is 0.493 e. The highest BCUT2D eigenvalue weighted by atomic mass is 16.3. The molecule has 0 unspecified atom stereocenters. The maximum atomic E-state index is 8.91. The van der Waals surface area contributed by atoms with Crippen LogP contribution in [0.25, 0.3) is 5.57 Å². The van der Waals surface area contributed by atoms with Crippen molar-refractivity contribution in [1.82, 2.24) is 4.98 Å². The van der Waals surface area contributed by atoms with Crippen LogP contribution in [0.1, 0.15) is 12.5 Å². The van der Waals surface area contributed by atoms with Crippen molar-refractivity contribution in [3.8, 4) is 5.88 Å². The molecule has 0 spiro atoms. The van der Waals surface area contributed by atoms with E-state index in [1.165, 1.54) is 0 Å². The third-order valence-electron chi connectivity index (χ3n) is 1.24. The van der Waals surface area contributed by atoms with E-state index in [0.29, 0.717) is 0 Å². The summed E-state index contributed by atoms with van der Waals surface area (Å²) in [5, 5.41) is 8.91. The van der Waals surface area contributed by atoms with Crippen LogP contribution in [-0.2, 0) is 0 Å². The van der Waals surface area contributed by atoms with E-state index >= 15 is 0 Å².